The molecule has 0 radical (unpaired) electrons. The van der Waals surface area contributed by atoms with Crippen LogP contribution in [0.15, 0.2) is 49.1 Å². The van der Waals surface area contributed by atoms with Crippen molar-refractivity contribution in [2.75, 3.05) is 0 Å². The maximum atomic E-state index is 12.3. The molecule has 0 fully saturated rings. The van der Waals surface area contributed by atoms with E-state index in [1.165, 1.54) is 0 Å². The molecule has 8 heteroatoms. The Morgan fingerprint density at radius 2 is 2.12 bits per heavy atom. The van der Waals surface area contributed by atoms with E-state index in [1.807, 2.05) is 48.0 Å². The molecule has 0 saturated carbocycles. The van der Waals surface area contributed by atoms with Gasteiger partial charge in [-0.2, -0.15) is 0 Å². The van der Waals surface area contributed by atoms with Crippen LogP contribution in [0.1, 0.15) is 23.9 Å². The lowest BCUT2D eigenvalue weighted by molar-refractivity contribution is -0.122. The van der Waals surface area contributed by atoms with Gasteiger partial charge in [0.2, 0.25) is 5.91 Å². The van der Waals surface area contributed by atoms with Crippen molar-refractivity contribution in [1.82, 2.24) is 35.1 Å². The maximum Gasteiger partial charge on any atom is 0.222 e. The molecule has 2 aromatic heterocycles. The van der Waals surface area contributed by atoms with E-state index < -0.39 is 0 Å². The number of aryl methyl sites for hydroxylation is 2. The van der Waals surface area contributed by atoms with E-state index in [9.17, 15) is 4.79 Å². The van der Waals surface area contributed by atoms with Gasteiger partial charge in [0, 0.05) is 25.4 Å². The Morgan fingerprint density at radius 1 is 1.29 bits per heavy atom. The van der Waals surface area contributed by atoms with Crippen LogP contribution >= 0.6 is 0 Å². The molecule has 0 aliphatic carbocycles. The summed E-state index contributed by atoms with van der Waals surface area (Å²) in [6.07, 6.45) is 5.67. The Kier molecular flexibility index (Phi) is 4.95. The molecule has 0 aliphatic rings. The Bertz CT molecular complexity index is 767. The van der Waals surface area contributed by atoms with Gasteiger partial charge >= 0.3 is 0 Å². The number of rotatable bonds is 7. The zero-order valence-corrected chi connectivity index (χ0v) is 13.4. The van der Waals surface area contributed by atoms with E-state index in [0.29, 0.717) is 25.3 Å². The second kappa shape index (κ2) is 7.49. The van der Waals surface area contributed by atoms with Crippen LogP contribution in [0.2, 0.25) is 0 Å². The average molecular weight is 325 g/mol. The average Bonchev–Trinajstić information content (AvgIpc) is 3.25. The van der Waals surface area contributed by atoms with Crippen molar-refractivity contribution >= 4 is 5.91 Å². The minimum Gasteiger partial charge on any atom is -0.347 e. The number of carbonyl (C=O) groups excluding carboxylic acids is 1. The van der Waals surface area contributed by atoms with Gasteiger partial charge in [-0.05, 0) is 22.9 Å². The number of aromatic nitrogens is 6. The quantitative estimate of drug-likeness (QED) is 0.703. The summed E-state index contributed by atoms with van der Waals surface area (Å²) in [5, 5.41) is 14.3. The largest absolute Gasteiger partial charge is 0.347 e. The first-order chi connectivity index (χ1) is 11.7. The molecule has 2 heterocycles. The monoisotopic (exact) mass is 325 g/mol. The molecular weight excluding hydrogens is 306 g/mol. The standard InChI is InChI=1S/C16H19N7O/c1-13-19-20-21-23(13)9-7-16(24)18-15(11-22-10-8-17-12-22)14-5-3-2-4-6-14/h2-6,8,10,12,15H,7,9,11H2,1H3,(H,18,24). The molecule has 0 bridgehead atoms. The van der Waals surface area contributed by atoms with Crippen LogP contribution in [0.25, 0.3) is 0 Å². The summed E-state index contributed by atoms with van der Waals surface area (Å²) in [5.74, 6) is 0.652. The first-order valence-corrected chi connectivity index (χ1v) is 7.75. The predicted molar refractivity (Wildman–Crippen MR) is 86.7 cm³/mol. The summed E-state index contributed by atoms with van der Waals surface area (Å²) in [6, 6.07) is 9.78. The fourth-order valence-corrected chi connectivity index (χ4v) is 2.46. The summed E-state index contributed by atoms with van der Waals surface area (Å²) in [7, 11) is 0. The van der Waals surface area contributed by atoms with E-state index in [-0.39, 0.29) is 11.9 Å². The minimum absolute atomic E-state index is 0.0427. The van der Waals surface area contributed by atoms with Gasteiger partial charge in [0.1, 0.15) is 5.82 Å². The number of hydrogen-bond acceptors (Lipinski definition) is 5. The van der Waals surface area contributed by atoms with Crippen LogP contribution in [-0.2, 0) is 17.9 Å². The van der Waals surface area contributed by atoms with Crippen LogP contribution in [-0.4, -0.2) is 35.7 Å². The van der Waals surface area contributed by atoms with Crippen molar-refractivity contribution in [1.29, 1.82) is 0 Å². The highest BCUT2D eigenvalue weighted by Crippen LogP contribution is 2.15. The summed E-state index contributed by atoms with van der Waals surface area (Å²) in [6.45, 7) is 2.89. The second-order valence-corrected chi connectivity index (χ2v) is 5.49. The first kappa shape index (κ1) is 15.9. The third-order valence-electron chi connectivity index (χ3n) is 3.75. The lowest BCUT2D eigenvalue weighted by Crippen LogP contribution is -2.32. The topological polar surface area (TPSA) is 90.5 Å². The van der Waals surface area contributed by atoms with Crippen molar-refractivity contribution in [2.45, 2.75) is 32.5 Å². The number of carbonyl (C=O) groups is 1. The smallest absolute Gasteiger partial charge is 0.222 e. The highest BCUT2D eigenvalue weighted by atomic mass is 16.1. The molecular formula is C16H19N7O. The molecule has 1 unspecified atom stereocenters. The van der Waals surface area contributed by atoms with Gasteiger partial charge in [-0.3, -0.25) is 4.79 Å². The zero-order chi connectivity index (χ0) is 16.8. The van der Waals surface area contributed by atoms with E-state index >= 15 is 0 Å². The number of imidazole rings is 1. The third kappa shape index (κ3) is 4.03. The zero-order valence-electron chi connectivity index (χ0n) is 13.4. The van der Waals surface area contributed by atoms with Crippen LogP contribution in [0.5, 0.6) is 0 Å². The normalized spacial score (nSPS) is 12.0. The fourth-order valence-electron chi connectivity index (χ4n) is 2.46. The lowest BCUT2D eigenvalue weighted by Gasteiger charge is -2.20. The van der Waals surface area contributed by atoms with Crippen molar-refractivity contribution in [3.05, 3.63) is 60.4 Å². The number of nitrogens with one attached hydrogen (secondary N) is 1. The predicted octanol–water partition coefficient (Wildman–Crippen LogP) is 1.13. The van der Waals surface area contributed by atoms with Crippen LogP contribution < -0.4 is 5.32 Å². The van der Waals surface area contributed by atoms with Gasteiger partial charge in [0.25, 0.3) is 0 Å². The molecule has 1 aromatic carbocycles. The highest BCUT2D eigenvalue weighted by Gasteiger charge is 2.15. The molecule has 8 nitrogen and oxygen atoms in total. The Balaban J connectivity index is 1.64. The van der Waals surface area contributed by atoms with Gasteiger partial charge in [0.15, 0.2) is 0 Å². The van der Waals surface area contributed by atoms with Crippen molar-refractivity contribution in [3.8, 4) is 0 Å². The third-order valence-corrected chi connectivity index (χ3v) is 3.75. The van der Waals surface area contributed by atoms with Crippen molar-refractivity contribution in [2.24, 2.45) is 0 Å². The number of amides is 1. The van der Waals surface area contributed by atoms with Crippen LogP contribution in [0.4, 0.5) is 0 Å². The first-order valence-electron chi connectivity index (χ1n) is 7.75. The molecule has 124 valence electrons. The van der Waals surface area contributed by atoms with Gasteiger partial charge < -0.3 is 9.88 Å². The minimum atomic E-state index is -0.122. The van der Waals surface area contributed by atoms with E-state index in [1.54, 1.807) is 17.2 Å². The number of hydrogen-bond donors (Lipinski definition) is 1. The van der Waals surface area contributed by atoms with Gasteiger partial charge in [-0.25, -0.2) is 9.67 Å². The molecule has 24 heavy (non-hydrogen) atoms. The fraction of sp³-hybridized carbons (Fsp3) is 0.312. The second-order valence-electron chi connectivity index (χ2n) is 5.49. The van der Waals surface area contributed by atoms with Crippen LogP contribution in [0, 0.1) is 6.92 Å². The Morgan fingerprint density at radius 3 is 2.79 bits per heavy atom. The van der Waals surface area contributed by atoms with E-state index in [4.69, 9.17) is 0 Å². The van der Waals surface area contributed by atoms with Crippen molar-refractivity contribution in [3.63, 3.8) is 0 Å². The number of benzene rings is 1. The SMILES string of the molecule is Cc1nnnn1CCC(=O)NC(Cn1ccnc1)c1ccccc1. The van der Waals surface area contributed by atoms with E-state index in [0.717, 1.165) is 5.56 Å². The van der Waals surface area contributed by atoms with Gasteiger partial charge in [0.05, 0.1) is 18.9 Å². The molecule has 0 aliphatic heterocycles. The van der Waals surface area contributed by atoms with Crippen molar-refractivity contribution < 1.29 is 4.79 Å². The lowest BCUT2D eigenvalue weighted by atomic mass is 10.1. The summed E-state index contributed by atoms with van der Waals surface area (Å²) in [5.41, 5.74) is 1.05. The molecule has 1 atom stereocenters. The molecule has 1 N–H and O–H groups in total. The van der Waals surface area contributed by atoms with Crippen LogP contribution in [0.3, 0.4) is 0 Å². The number of tetrazole rings is 1. The Labute approximate surface area is 139 Å². The molecule has 0 saturated heterocycles. The summed E-state index contributed by atoms with van der Waals surface area (Å²) in [4.78, 5) is 16.4. The molecule has 0 spiro atoms. The van der Waals surface area contributed by atoms with Gasteiger partial charge in [-0.15, -0.1) is 5.10 Å². The molecule has 3 rings (SSSR count). The Hall–Kier alpha value is -3.03. The van der Waals surface area contributed by atoms with E-state index in [2.05, 4.69) is 25.8 Å². The molecule has 1 amide bonds. The summed E-state index contributed by atoms with van der Waals surface area (Å²) < 4.78 is 3.57. The maximum absolute atomic E-state index is 12.3. The summed E-state index contributed by atoms with van der Waals surface area (Å²) >= 11 is 0. The number of nitrogens with zero attached hydrogens (tertiary/aromatic N) is 6. The van der Waals surface area contributed by atoms with Gasteiger partial charge in [-0.1, -0.05) is 30.3 Å². The highest BCUT2D eigenvalue weighted by molar-refractivity contribution is 5.76. The molecule has 3 aromatic rings.